The molecule has 2 nitrogen and oxygen atoms in total. The highest BCUT2D eigenvalue weighted by atomic mass is 79.9. The van der Waals surface area contributed by atoms with Crippen LogP contribution in [-0.4, -0.2) is 10.2 Å². The predicted molar refractivity (Wildman–Crippen MR) is 53.7 cm³/mol. The molecule has 0 atom stereocenters. The van der Waals surface area contributed by atoms with Crippen LogP contribution in [0, 0.1) is 0 Å². The lowest BCUT2D eigenvalue weighted by Crippen LogP contribution is -1.75. The topological polar surface area (TPSA) is 28.7 Å². The Morgan fingerprint density at radius 3 is 3.08 bits per heavy atom. The lowest BCUT2D eigenvalue weighted by Gasteiger charge is -1.90. The fourth-order valence-electron chi connectivity index (χ4n) is 1.14. The smallest absolute Gasteiger partial charge is 0.0938 e. The van der Waals surface area contributed by atoms with Gasteiger partial charge in [0, 0.05) is 15.7 Å². The number of nitrogens with one attached hydrogen (secondary N) is 1. The van der Waals surface area contributed by atoms with E-state index in [1.165, 1.54) is 0 Å². The molecule has 1 N–H and O–H groups in total. The molecule has 0 saturated carbocycles. The molecule has 4 heteroatoms. The summed E-state index contributed by atoms with van der Waals surface area (Å²) in [4.78, 5) is 0. The van der Waals surface area contributed by atoms with Gasteiger partial charge >= 0.3 is 0 Å². The Bertz CT molecular complexity index is 410. The highest BCUT2D eigenvalue weighted by molar-refractivity contribution is 9.08. The van der Waals surface area contributed by atoms with Crippen molar-refractivity contribution < 1.29 is 0 Å². The summed E-state index contributed by atoms with van der Waals surface area (Å²) in [5.74, 6) is 0. The van der Waals surface area contributed by atoms with Gasteiger partial charge in [0.2, 0.25) is 0 Å². The van der Waals surface area contributed by atoms with E-state index in [9.17, 15) is 0 Å². The van der Waals surface area contributed by atoms with Gasteiger partial charge in [0.1, 0.15) is 0 Å². The fourth-order valence-corrected chi connectivity index (χ4v) is 1.74. The lowest BCUT2D eigenvalue weighted by molar-refractivity contribution is 1.06. The van der Waals surface area contributed by atoms with Crippen LogP contribution >= 0.6 is 27.5 Å². The third kappa shape index (κ3) is 1.23. The zero-order valence-corrected chi connectivity index (χ0v) is 8.48. The van der Waals surface area contributed by atoms with E-state index in [4.69, 9.17) is 11.6 Å². The van der Waals surface area contributed by atoms with Crippen LogP contribution in [0.3, 0.4) is 0 Å². The van der Waals surface area contributed by atoms with E-state index < -0.39 is 0 Å². The Morgan fingerprint density at radius 2 is 2.33 bits per heavy atom. The molecule has 0 fully saturated rings. The van der Waals surface area contributed by atoms with Crippen LogP contribution < -0.4 is 0 Å². The van der Waals surface area contributed by atoms with Crippen LogP contribution in [0.5, 0.6) is 0 Å². The maximum absolute atomic E-state index is 5.81. The zero-order valence-electron chi connectivity index (χ0n) is 6.14. The van der Waals surface area contributed by atoms with Gasteiger partial charge in [-0.25, -0.2) is 0 Å². The van der Waals surface area contributed by atoms with Crippen molar-refractivity contribution >= 4 is 38.4 Å². The molecule has 1 heterocycles. The standard InChI is InChI=1S/C8H6BrClN2/c9-4-8-6-2-1-5(10)3-7(6)11-12-8/h1-3H,4H2,(H,11,12). The minimum Gasteiger partial charge on any atom is -0.280 e. The average molecular weight is 246 g/mol. The number of nitrogens with zero attached hydrogens (tertiary/aromatic N) is 1. The quantitative estimate of drug-likeness (QED) is 0.769. The molecule has 0 unspecified atom stereocenters. The third-order valence-corrected chi connectivity index (χ3v) is 2.53. The Kier molecular flexibility index (Phi) is 2.07. The molecule has 0 amide bonds. The van der Waals surface area contributed by atoms with Gasteiger partial charge in [-0.05, 0) is 18.2 Å². The molecule has 1 aromatic carbocycles. The average Bonchev–Trinajstić information content (AvgIpc) is 2.46. The predicted octanol–water partition coefficient (Wildman–Crippen LogP) is 3.11. The van der Waals surface area contributed by atoms with E-state index >= 15 is 0 Å². The molecular weight excluding hydrogens is 239 g/mol. The van der Waals surface area contributed by atoms with Gasteiger partial charge in [0.05, 0.1) is 11.2 Å². The zero-order chi connectivity index (χ0) is 8.55. The lowest BCUT2D eigenvalue weighted by atomic mass is 10.2. The molecule has 1 aromatic heterocycles. The SMILES string of the molecule is Clc1ccc2c(CBr)[nH]nc2c1. The van der Waals surface area contributed by atoms with Crippen molar-refractivity contribution in [3.8, 4) is 0 Å². The van der Waals surface area contributed by atoms with E-state index in [-0.39, 0.29) is 0 Å². The summed E-state index contributed by atoms with van der Waals surface area (Å²) in [5, 5.41) is 9.67. The first-order chi connectivity index (χ1) is 5.81. The van der Waals surface area contributed by atoms with E-state index in [1.54, 1.807) is 0 Å². The minimum atomic E-state index is 0.718. The molecule has 2 rings (SSSR count). The van der Waals surface area contributed by atoms with Crippen LogP contribution in [0.15, 0.2) is 18.2 Å². The summed E-state index contributed by atoms with van der Waals surface area (Å²) in [6, 6.07) is 5.68. The second kappa shape index (κ2) is 3.07. The maximum atomic E-state index is 5.81. The van der Waals surface area contributed by atoms with E-state index in [2.05, 4.69) is 26.1 Å². The van der Waals surface area contributed by atoms with Gasteiger partial charge in [-0.1, -0.05) is 27.5 Å². The van der Waals surface area contributed by atoms with E-state index in [0.29, 0.717) is 0 Å². The summed E-state index contributed by atoms with van der Waals surface area (Å²) in [6.45, 7) is 0. The molecule has 0 spiro atoms. The van der Waals surface area contributed by atoms with Crippen molar-refractivity contribution in [3.05, 3.63) is 28.9 Å². The summed E-state index contributed by atoms with van der Waals surface area (Å²) in [5.41, 5.74) is 2.00. The van der Waals surface area contributed by atoms with Crippen LogP contribution in [0.25, 0.3) is 10.9 Å². The summed E-state index contributed by atoms with van der Waals surface area (Å²) >= 11 is 9.18. The van der Waals surface area contributed by atoms with Crippen LogP contribution in [0.1, 0.15) is 5.69 Å². The van der Waals surface area contributed by atoms with Crippen LogP contribution in [0.4, 0.5) is 0 Å². The molecule has 62 valence electrons. The Morgan fingerprint density at radius 1 is 1.50 bits per heavy atom. The Balaban J connectivity index is 2.73. The number of hydrogen-bond acceptors (Lipinski definition) is 1. The van der Waals surface area contributed by atoms with E-state index in [0.717, 1.165) is 26.9 Å². The maximum Gasteiger partial charge on any atom is 0.0938 e. The molecule has 0 saturated heterocycles. The first kappa shape index (κ1) is 8.08. The molecule has 0 radical (unpaired) electrons. The van der Waals surface area contributed by atoms with Gasteiger partial charge in [-0.2, -0.15) is 5.10 Å². The van der Waals surface area contributed by atoms with Gasteiger partial charge < -0.3 is 0 Å². The van der Waals surface area contributed by atoms with Crippen molar-refractivity contribution in [2.45, 2.75) is 5.33 Å². The number of aromatic nitrogens is 2. The first-order valence-corrected chi connectivity index (χ1v) is 4.99. The van der Waals surface area contributed by atoms with Crippen molar-refractivity contribution in [1.29, 1.82) is 0 Å². The van der Waals surface area contributed by atoms with Gasteiger partial charge in [0.25, 0.3) is 0 Å². The number of alkyl halides is 1. The van der Waals surface area contributed by atoms with Gasteiger partial charge in [-0.15, -0.1) is 0 Å². The first-order valence-electron chi connectivity index (χ1n) is 3.50. The summed E-state index contributed by atoms with van der Waals surface area (Å²) < 4.78 is 0. The minimum absolute atomic E-state index is 0.718. The van der Waals surface area contributed by atoms with Crippen LogP contribution in [0.2, 0.25) is 5.02 Å². The van der Waals surface area contributed by atoms with Gasteiger partial charge in [-0.3, -0.25) is 5.10 Å². The second-order valence-corrected chi connectivity index (χ2v) is 3.49. The van der Waals surface area contributed by atoms with Crippen LogP contribution in [-0.2, 0) is 5.33 Å². The molecule has 0 aliphatic heterocycles. The number of hydrogen-bond donors (Lipinski definition) is 1. The number of rotatable bonds is 1. The van der Waals surface area contributed by atoms with Crippen molar-refractivity contribution in [2.24, 2.45) is 0 Å². The Hall–Kier alpha value is -0.540. The molecule has 0 bridgehead atoms. The van der Waals surface area contributed by atoms with Crippen molar-refractivity contribution in [1.82, 2.24) is 10.2 Å². The molecule has 2 aromatic rings. The number of halogens is 2. The summed E-state index contributed by atoms with van der Waals surface area (Å²) in [7, 11) is 0. The van der Waals surface area contributed by atoms with Gasteiger partial charge in [0.15, 0.2) is 0 Å². The summed E-state index contributed by atoms with van der Waals surface area (Å²) in [6.07, 6.45) is 0. The third-order valence-electron chi connectivity index (χ3n) is 1.73. The monoisotopic (exact) mass is 244 g/mol. The number of aromatic amines is 1. The largest absolute Gasteiger partial charge is 0.280 e. The number of benzene rings is 1. The molecule has 0 aliphatic carbocycles. The van der Waals surface area contributed by atoms with E-state index in [1.807, 2.05) is 18.2 Å². The highest BCUT2D eigenvalue weighted by Crippen LogP contribution is 2.21. The molecular formula is C8H6BrClN2. The highest BCUT2D eigenvalue weighted by Gasteiger charge is 2.02. The molecule has 12 heavy (non-hydrogen) atoms. The van der Waals surface area contributed by atoms with Crippen molar-refractivity contribution in [3.63, 3.8) is 0 Å². The number of H-pyrrole nitrogens is 1. The second-order valence-electron chi connectivity index (χ2n) is 2.50. The molecule has 0 aliphatic rings. The number of fused-ring (bicyclic) bond motifs is 1. The Labute approximate surface area is 83.0 Å². The normalized spacial score (nSPS) is 10.8. The fraction of sp³-hybridized carbons (Fsp3) is 0.125. The van der Waals surface area contributed by atoms with Crippen molar-refractivity contribution in [2.75, 3.05) is 0 Å².